The number of nitrogens with one attached hydrogen (secondary N) is 2. The summed E-state index contributed by atoms with van der Waals surface area (Å²) in [6, 6.07) is 16.3. The van der Waals surface area contributed by atoms with Gasteiger partial charge in [0.25, 0.3) is 0 Å². The number of ether oxygens (including phenoxy) is 1. The number of rotatable bonds is 17. The first-order chi connectivity index (χ1) is 22.6. The first-order valence-electron chi connectivity index (χ1n) is 17.4. The van der Waals surface area contributed by atoms with Gasteiger partial charge in [0.2, 0.25) is 11.8 Å². The van der Waals surface area contributed by atoms with E-state index in [1.54, 1.807) is 11.3 Å². The van der Waals surface area contributed by atoms with Crippen molar-refractivity contribution >= 4 is 45.0 Å². The molecule has 2 aromatic carbocycles. The number of thioether (sulfide) groups is 1. The summed E-state index contributed by atoms with van der Waals surface area (Å²) in [5.74, 6) is 4.67. The average Bonchev–Trinajstić information content (AvgIpc) is 3.87. The normalized spacial score (nSPS) is 20.6. The third kappa shape index (κ3) is 9.51. The Hall–Kier alpha value is -3.03. The van der Waals surface area contributed by atoms with E-state index in [9.17, 15) is 9.59 Å². The molecule has 0 bridgehead atoms. The van der Waals surface area contributed by atoms with Crippen molar-refractivity contribution < 1.29 is 14.3 Å². The van der Waals surface area contributed by atoms with E-state index in [4.69, 9.17) is 4.74 Å². The predicted octanol–water partition coefficient (Wildman–Crippen LogP) is 8.84. The maximum atomic E-state index is 12.6. The van der Waals surface area contributed by atoms with E-state index < -0.39 is 0 Å². The van der Waals surface area contributed by atoms with Gasteiger partial charge in [-0.2, -0.15) is 0 Å². The van der Waals surface area contributed by atoms with Gasteiger partial charge >= 0.3 is 0 Å². The number of hydrogen-bond donors (Lipinski definition) is 2. The highest BCUT2D eigenvalue weighted by Gasteiger charge is 2.33. The Bertz CT molecular complexity index is 1510. The molecular formula is C39H48N2O3S2. The van der Waals surface area contributed by atoms with Crippen molar-refractivity contribution in [2.24, 2.45) is 23.7 Å². The maximum Gasteiger partial charge on any atom is 0.224 e. The SMILES string of the molecule is O=C(Cc1csc2ccc(OCCCCCCSC3=CC4C(C=C3)CCCC4CCNC(=O)C3CC3)cc12)NCc1ccccc1. The molecule has 2 fully saturated rings. The van der Waals surface area contributed by atoms with Crippen LogP contribution in [-0.2, 0) is 22.6 Å². The number of benzene rings is 2. The van der Waals surface area contributed by atoms with Crippen LogP contribution in [0, 0.1) is 23.7 Å². The molecule has 5 nitrogen and oxygen atoms in total. The Balaban J connectivity index is 0.864. The van der Waals surface area contributed by atoms with Crippen molar-refractivity contribution in [1.29, 1.82) is 0 Å². The molecule has 0 saturated heterocycles. The van der Waals surface area contributed by atoms with Gasteiger partial charge in [-0.25, -0.2) is 0 Å². The third-order valence-electron chi connectivity index (χ3n) is 9.66. The number of fused-ring (bicyclic) bond motifs is 2. The summed E-state index contributed by atoms with van der Waals surface area (Å²) in [4.78, 5) is 26.1. The number of hydrogen-bond acceptors (Lipinski definition) is 5. The molecule has 2 amide bonds. The predicted molar refractivity (Wildman–Crippen MR) is 192 cm³/mol. The van der Waals surface area contributed by atoms with Gasteiger partial charge in [0, 0.05) is 28.6 Å². The Kier molecular flexibility index (Phi) is 11.9. The molecule has 2 saturated carbocycles. The number of unbranched alkanes of at least 4 members (excludes halogenated alkanes) is 3. The molecule has 244 valence electrons. The lowest BCUT2D eigenvalue weighted by Gasteiger charge is -2.37. The molecule has 3 unspecified atom stereocenters. The van der Waals surface area contributed by atoms with Gasteiger partial charge in [0.15, 0.2) is 0 Å². The molecule has 3 aromatic rings. The van der Waals surface area contributed by atoms with Crippen molar-refractivity contribution in [1.82, 2.24) is 10.6 Å². The molecule has 2 N–H and O–H groups in total. The summed E-state index contributed by atoms with van der Waals surface area (Å²) < 4.78 is 7.31. The lowest BCUT2D eigenvalue weighted by Crippen LogP contribution is -2.32. The quantitative estimate of drug-likeness (QED) is 0.143. The third-order valence-corrected chi connectivity index (χ3v) is 11.8. The van der Waals surface area contributed by atoms with E-state index in [2.05, 4.69) is 46.4 Å². The molecule has 3 atom stereocenters. The van der Waals surface area contributed by atoms with E-state index in [0.29, 0.717) is 36.6 Å². The van der Waals surface area contributed by atoms with Gasteiger partial charge < -0.3 is 15.4 Å². The van der Waals surface area contributed by atoms with E-state index in [-0.39, 0.29) is 11.8 Å². The standard InChI is InChI=1S/C39H48N2O3S2/c42-38(41-26-28-9-4-3-5-10-28)23-32-27-46-37-18-16-33(24-36(32)37)44-21-6-1-2-7-22-45-34-17-15-29-11-8-12-30(35(29)25-34)19-20-40-39(43)31-13-14-31/h3-5,9-10,15-18,24-25,27,29-31,35H,1-2,6-8,11-14,19-23,26H2,(H,40,43)(H,41,42). The van der Waals surface area contributed by atoms with Crippen molar-refractivity contribution in [3.05, 3.63) is 88.2 Å². The largest absolute Gasteiger partial charge is 0.494 e. The smallest absolute Gasteiger partial charge is 0.224 e. The second-order valence-electron chi connectivity index (χ2n) is 13.2. The number of amides is 2. The number of allylic oxidation sites excluding steroid dienone is 3. The van der Waals surface area contributed by atoms with Crippen molar-refractivity contribution in [2.45, 2.75) is 77.2 Å². The van der Waals surface area contributed by atoms with Gasteiger partial charge in [-0.05, 0) is 109 Å². The number of carbonyl (C=O) groups excluding carboxylic acids is 2. The summed E-state index contributed by atoms with van der Waals surface area (Å²) in [5.41, 5.74) is 2.16. The molecule has 3 aliphatic carbocycles. The monoisotopic (exact) mass is 656 g/mol. The molecular weight excluding hydrogens is 609 g/mol. The fourth-order valence-corrected chi connectivity index (χ4v) is 8.81. The molecule has 46 heavy (non-hydrogen) atoms. The van der Waals surface area contributed by atoms with E-state index >= 15 is 0 Å². The van der Waals surface area contributed by atoms with Crippen LogP contribution in [0.15, 0.2) is 77.0 Å². The van der Waals surface area contributed by atoms with Crippen molar-refractivity contribution in [3.63, 3.8) is 0 Å². The first-order valence-corrected chi connectivity index (χ1v) is 19.2. The second-order valence-corrected chi connectivity index (χ2v) is 15.3. The van der Waals surface area contributed by atoms with Crippen LogP contribution < -0.4 is 15.4 Å². The Morgan fingerprint density at radius 2 is 1.83 bits per heavy atom. The van der Waals surface area contributed by atoms with E-state index in [1.165, 1.54) is 48.1 Å². The zero-order valence-corrected chi connectivity index (χ0v) is 28.5. The van der Waals surface area contributed by atoms with Gasteiger partial charge in [0.05, 0.1) is 13.0 Å². The Labute approximate surface area is 282 Å². The molecule has 0 spiro atoms. The van der Waals surface area contributed by atoms with Gasteiger partial charge in [-0.15, -0.1) is 23.1 Å². The van der Waals surface area contributed by atoms with Crippen molar-refractivity contribution in [2.75, 3.05) is 18.9 Å². The summed E-state index contributed by atoms with van der Waals surface area (Å²) in [7, 11) is 0. The molecule has 7 heteroatoms. The highest BCUT2D eigenvalue weighted by Crippen LogP contribution is 2.43. The van der Waals surface area contributed by atoms with E-state index in [0.717, 1.165) is 66.9 Å². The van der Waals surface area contributed by atoms with Gasteiger partial charge in [-0.1, -0.05) is 67.8 Å². The van der Waals surface area contributed by atoms with Crippen LogP contribution in [0.4, 0.5) is 0 Å². The van der Waals surface area contributed by atoms with Crippen LogP contribution in [0.3, 0.4) is 0 Å². The molecule has 0 radical (unpaired) electrons. The van der Waals surface area contributed by atoms with Crippen LogP contribution in [0.1, 0.15) is 75.3 Å². The molecule has 1 heterocycles. The minimum absolute atomic E-state index is 0.0388. The minimum Gasteiger partial charge on any atom is -0.494 e. The zero-order chi connectivity index (χ0) is 31.6. The minimum atomic E-state index is 0.0388. The molecule has 6 rings (SSSR count). The molecule has 1 aromatic heterocycles. The lowest BCUT2D eigenvalue weighted by molar-refractivity contribution is -0.122. The fourth-order valence-electron chi connectivity index (χ4n) is 6.86. The maximum absolute atomic E-state index is 12.6. The average molecular weight is 657 g/mol. The number of thiophene rings is 1. The van der Waals surface area contributed by atoms with Crippen LogP contribution in [0.5, 0.6) is 5.75 Å². The highest BCUT2D eigenvalue weighted by atomic mass is 32.2. The Morgan fingerprint density at radius 1 is 0.957 bits per heavy atom. The summed E-state index contributed by atoms with van der Waals surface area (Å²) in [6.07, 6.45) is 19.6. The Morgan fingerprint density at radius 3 is 2.70 bits per heavy atom. The highest BCUT2D eigenvalue weighted by molar-refractivity contribution is 8.03. The van der Waals surface area contributed by atoms with Crippen LogP contribution in [0.25, 0.3) is 10.1 Å². The van der Waals surface area contributed by atoms with E-state index in [1.807, 2.05) is 48.2 Å². The molecule has 3 aliphatic rings. The summed E-state index contributed by atoms with van der Waals surface area (Å²) in [5, 5.41) is 9.44. The van der Waals surface area contributed by atoms with Gasteiger partial charge in [0.1, 0.15) is 5.75 Å². The van der Waals surface area contributed by atoms with Crippen molar-refractivity contribution in [3.8, 4) is 5.75 Å². The first kappa shape index (κ1) is 32.9. The van der Waals surface area contributed by atoms with Crippen LogP contribution >= 0.6 is 23.1 Å². The second kappa shape index (κ2) is 16.7. The summed E-state index contributed by atoms with van der Waals surface area (Å²) in [6.45, 7) is 2.11. The topological polar surface area (TPSA) is 67.4 Å². The fraction of sp³-hybridized carbons (Fsp3) is 0.487. The number of carbonyl (C=O) groups is 2. The van der Waals surface area contributed by atoms with Crippen LogP contribution in [0.2, 0.25) is 0 Å². The lowest BCUT2D eigenvalue weighted by atomic mass is 9.69. The summed E-state index contributed by atoms with van der Waals surface area (Å²) >= 11 is 3.69. The van der Waals surface area contributed by atoms with Gasteiger partial charge in [-0.3, -0.25) is 9.59 Å². The van der Waals surface area contributed by atoms with Crippen LogP contribution in [-0.4, -0.2) is 30.7 Å². The zero-order valence-electron chi connectivity index (χ0n) is 26.9. The molecule has 0 aliphatic heterocycles.